The maximum atomic E-state index is 3.61. The first-order valence-electron chi connectivity index (χ1n) is 9.39. The number of halogens is 1. The van der Waals surface area contributed by atoms with Gasteiger partial charge in [0.2, 0.25) is 0 Å². The molecule has 1 heterocycles. The van der Waals surface area contributed by atoms with Crippen LogP contribution in [0.3, 0.4) is 0 Å². The smallest absolute Gasteiger partial charge is 0.0368 e. The van der Waals surface area contributed by atoms with Gasteiger partial charge in [0.1, 0.15) is 0 Å². The first kappa shape index (κ1) is 17.1. The van der Waals surface area contributed by atoms with Crippen LogP contribution in [0.1, 0.15) is 71.1 Å². The van der Waals surface area contributed by atoms with Crippen molar-refractivity contribution in [2.24, 2.45) is 17.8 Å². The van der Waals surface area contributed by atoms with Crippen LogP contribution in [-0.4, -0.2) is 14.1 Å². The second kappa shape index (κ2) is 9.66. The molecule has 0 nitrogen and oxygen atoms in total. The van der Waals surface area contributed by atoms with Gasteiger partial charge in [-0.3, -0.25) is 0 Å². The molecule has 2 rings (SSSR count). The number of rotatable bonds is 7. The van der Waals surface area contributed by atoms with Crippen molar-refractivity contribution in [3.63, 3.8) is 0 Å². The average Bonchev–Trinajstić information content (AvgIpc) is 2.49. The second-order valence-electron chi connectivity index (χ2n) is 7.54. The number of hydrogen-bond donors (Lipinski definition) is 0. The first-order valence-corrected chi connectivity index (χ1v) is 13.0. The van der Waals surface area contributed by atoms with Crippen LogP contribution in [0.2, 0.25) is 18.1 Å². The number of alkyl halides is 1. The molecule has 0 aromatic heterocycles. The van der Waals surface area contributed by atoms with E-state index in [-0.39, 0.29) is 8.80 Å². The van der Waals surface area contributed by atoms with Crippen molar-refractivity contribution in [1.29, 1.82) is 0 Å². The largest absolute Gasteiger partial charge is 0.0928 e. The van der Waals surface area contributed by atoms with Gasteiger partial charge in [-0.15, -0.1) is 0 Å². The third-order valence-corrected chi connectivity index (χ3v) is 10.2. The van der Waals surface area contributed by atoms with Gasteiger partial charge in [0.25, 0.3) is 0 Å². The van der Waals surface area contributed by atoms with Gasteiger partial charge in [-0.2, -0.15) is 0 Å². The van der Waals surface area contributed by atoms with Crippen molar-refractivity contribution >= 4 is 24.7 Å². The lowest BCUT2D eigenvalue weighted by Crippen LogP contribution is -2.28. The fourth-order valence-electron chi connectivity index (χ4n) is 4.73. The topological polar surface area (TPSA) is 0 Å². The Morgan fingerprint density at radius 2 is 1.55 bits per heavy atom. The van der Waals surface area contributed by atoms with Crippen LogP contribution in [-0.2, 0) is 0 Å². The molecule has 0 bridgehead atoms. The highest BCUT2D eigenvalue weighted by molar-refractivity contribution is 9.09. The number of hydrogen-bond acceptors (Lipinski definition) is 0. The Kier molecular flexibility index (Phi) is 8.24. The van der Waals surface area contributed by atoms with E-state index in [0.29, 0.717) is 0 Å². The Hall–Kier alpha value is 0.697. The van der Waals surface area contributed by atoms with E-state index in [0.717, 1.165) is 17.8 Å². The van der Waals surface area contributed by atoms with Crippen molar-refractivity contribution in [3.8, 4) is 0 Å². The Labute approximate surface area is 137 Å². The molecule has 20 heavy (non-hydrogen) atoms. The maximum Gasteiger partial charge on any atom is 0.0368 e. The van der Waals surface area contributed by atoms with Crippen LogP contribution in [0.4, 0.5) is 0 Å². The lowest BCUT2D eigenvalue weighted by Gasteiger charge is -2.37. The molecule has 1 saturated heterocycles. The molecular weight excluding hydrogens is 324 g/mol. The van der Waals surface area contributed by atoms with Crippen molar-refractivity contribution in [1.82, 2.24) is 0 Å². The molecule has 2 heteroatoms. The highest BCUT2D eigenvalue weighted by Gasteiger charge is 2.30. The van der Waals surface area contributed by atoms with E-state index in [1.807, 2.05) is 0 Å². The van der Waals surface area contributed by atoms with E-state index in [4.69, 9.17) is 0 Å². The van der Waals surface area contributed by atoms with E-state index in [9.17, 15) is 0 Å². The quantitative estimate of drug-likeness (QED) is 0.280. The molecule has 0 spiro atoms. The van der Waals surface area contributed by atoms with Gasteiger partial charge in [-0.05, 0) is 37.0 Å². The minimum absolute atomic E-state index is 0.280. The van der Waals surface area contributed by atoms with Gasteiger partial charge in [-0.1, -0.05) is 85.9 Å². The summed E-state index contributed by atoms with van der Waals surface area (Å²) in [6, 6.07) is 5.05. The maximum absolute atomic E-state index is 3.61. The highest BCUT2D eigenvalue weighted by atomic mass is 79.9. The molecule has 1 saturated carbocycles. The SMILES string of the molecule is CCCCC[Si@H]1CC[C@H]([C@H]2CC[C@H](CCBr)CC2)CC1. The Bertz CT molecular complexity index is 240. The van der Waals surface area contributed by atoms with Crippen LogP contribution < -0.4 is 0 Å². The standard InChI is InChI=1S/C18H35BrSi/c1-2-3-4-13-20-14-10-18(11-15-20)17-7-5-16(6-8-17)9-12-19/h16-18,20H,2-15H2,1H3/t16-,17-,18-,20-. The lowest BCUT2D eigenvalue weighted by molar-refractivity contribution is 0.189. The minimum Gasteiger partial charge on any atom is -0.0928 e. The zero-order valence-corrected chi connectivity index (χ0v) is 16.3. The zero-order valence-electron chi connectivity index (χ0n) is 13.6. The van der Waals surface area contributed by atoms with E-state index in [1.165, 1.54) is 37.4 Å². The summed E-state index contributed by atoms with van der Waals surface area (Å²) in [5.74, 6) is 3.30. The van der Waals surface area contributed by atoms with E-state index in [2.05, 4.69) is 22.9 Å². The van der Waals surface area contributed by atoms with E-state index < -0.39 is 0 Å². The normalized spacial score (nSPS) is 35.1. The van der Waals surface area contributed by atoms with E-state index >= 15 is 0 Å². The fraction of sp³-hybridized carbons (Fsp3) is 1.00. The summed E-state index contributed by atoms with van der Waals surface area (Å²) in [5, 5.41) is 1.22. The van der Waals surface area contributed by atoms with Gasteiger partial charge in [-0.25, -0.2) is 0 Å². The molecule has 0 radical (unpaired) electrons. The summed E-state index contributed by atoms with van der Waals surface area (Å²) >= 11 is 3.61. The Morgan fingerprint density at radius 3 is 2.15 bits per heavy atom. The van der Waals surface area contributed by atoms with Gasteiger partial charge >= 0.3 is 0 Å². The Morgan fingerprint density at radius 1 is 0.900 bits per heavy atom. The summed E-state index contributed by atoms with van der Waals surface area (Å²) in [4.78, 5) is 0. The van der Waals surface area contributed by atoms with Crippen molar-refractivity contribution in [2.45, 2.75) is 89.3 Å². The lowest BCUT2D eigenvalue weighted by atomic mass is 9.73. The molecule has 0 N–H and O–H groups in total. The van der Waals surface area contributed by atoms with Crippen molar-refractivity contribution in [2.75, 3.05) is 5.33 Å². The van der Waals surface area contributed by atoms with E-state index in [1.54, 1.807) is 50.2 Å². The van der Waals surface area contributed by atoms with Gasteiger partial charge in [0, 0.05) is 14.1 Å². The second-order valence-corrected chi connectivity index (χ2v) is 11.8. The van der Waals surface area contributed by atoms with Crippen LogP contribution in [0.25, 0.3) is 0 Å². The van der Waals surface area contributed by atoms with Crippen LogP contribution in [0.5, 0.6) is 0 Å². The molecule has 2 fully saturated rings. The van der Waals surface area contributed by atoms with Crippen molar-refractivity contribution in [3.05, 3.63) is 0 Å². The first-order chi connectivity index (χ1) is 9.83. The van der Waals surface area contributed by atoms with Gasteiger partial charge in [0.05, 0.1) is 0 Å². The molecule has 0 atom stereocenters. The van der Waals surface area contributed by atoms with Gasteiger partial charge in [0.15, 0.2) is 0 Å². The molecule has 1 aliphatic carbocycles. The molecular formula is C18H35BrSi. The monoisotopic (exact) mass is 358 g/mol. The fourth-order valence-corrected chi connectivity index (χ4v) is 8.91. The molecule has 118 valence electrons. The summed E-state index contributed by atoms with van der Waals surface area (Å²) in [6.07, 6.45) is 15.3. The van der Waals surface area contributed by atoms with Gasteiger partial charge < -0.3 is 0 Å². The zero-order chi connectivity index (χ0) is 14.2. The highest BCUT2D eigenvalue weighted by Crippen LogP contribution is 2.41. The molecule has 0 aromatic carbocycles. The average molecular weight is 359 g/mol. The minimum atomic E-state index is -0.280. The molecule has 2 aliphatic rings. The summed E-state index contributed by atoms with van der Waals surface area (Å²) < 4.78 is 0. The van der Waals surface area contributed by atoms with Crippen LogP contribution >= 0.6 is 15.9 Å². The molecule has 0 aromatic rings. The number of unbranched alkanes of at least 4 members (excludes halogenated alkanes) is 2. The molecule has 1 aliphatic heterocycles. The predicted molar refractivity (Wildman–Crippen MR) is 97.7 cm³/mol. The third-order valence-electron chi connectivity index (χ3n) is 6.18. The summed E-state index contributed by atoms with van der Waals surface area (Å²) in [5.41, 5.74) is 0. The molecule has 0 amide bonds. The predicted octanol–water partition coefficient (Wildman–Crippen LogP) is 6.41. The van der Waals surface area contributed by atoms with Crippen LogP contribution in [0, 0.1) is 17.8 Å². The molecule has 0 unspecified atom stereocenters. The third kappa shape index (κ3) is 5.48. The van der Waals surface area contributed by atoms with Crippen LogP contribution in [0.15, 0.2) is 0 Å². The summed E-state index contributed by atoms with van der Waals surface area (Å²) in [7, 11) is -0.280. The Balaban J connectivity index is 1.62. The summed E-state index contributed by atoms with van der Waals surface area (Å²) in [6.45, 7) is 2.34. The van der Waals surface area contributed by atoms with Crippen molar-refractivity contribution < 1.29 is 0 Å².